The summed E-state index contributed by atoms with van der Waals surface area (Å²) in [6, 6.07) is 7.91. The Hall–Kier alpha value is -2.03. The smallest absolute Gasteiger partial charge is 0.396 e. The fourth-order valence-electron chi connectivity index (χ4n) is 1.99. The first kappa shape index (κ1) is 18.3. The zero-order valence-corrected chi connectivity index (χ0v) is 14.7. The fraction of sp³-hybridized carbons (Fsp3) is 0.467. The summed E-state index contributed by atoms with van der Waals surface area (Å²) < 4.78 is 37.4. The standard InChI is InChI=1S/C15H23BN2O5S/c1-17-14(19)10-6-7-12(23-15(20)18(2)16)11-24(21,22)13-8-4-3-5-9-13/h3-5,8-9,12H,6-7,10-11,16H2,1-2H3,(H,17,19)/i2D. The van der Waals surface area contributed by atoms with E-state index in [4.69, 9.17) is 6.11 Å². The molecule has 9 heteroatoms. The zero-order chi connectivity index (χ0) is 18.9. The molecule has 0 aliphatic carbocycles. The molecule has 2 amide bonds. The van der Waals surface area contributed by atoms with E-state index >= 15 is 0 Å². The van der Waals surface area contributed by atoms with Gasteiger partial charge < -0.3 is 14.9 Å². The Morgan fingerprint density at radius 3 is 2.62 bits per heavy atom. The first-order valence-corrected chi connectivity index (χ1v) is 9.14. The molecule has 1 aromatic carbocycles. The van der Waals surface area contributed by atoms with Crippen LogP contribution in [0, 0.1) is 0 Å². The highest BCUT2D eigenvalue weighted by molar-refractivity contribution is 7.91. The van der Waals surface area contributed by atoms with Gasteiger partial charge in [0.1, 0.15) is 6.10 Å². The monoisotopic (exact) mass is 355 g/mol. The minimum absolute atomic E-state index is 0.149. The second kappa shape index (κ2) is 9.31. The third-order valence-corrected chi connectivity index (χ3v) is 5.10. The van der Waals surface area contributed by atoms with E-state index < -0.39 is 22.0 Å². The topological polar surface area (TPSA) is 92.8 Å². The second-order valence-corrected chi connectivity index (χ2v) is 7.40. The Balaban J connectivity index is 2.82. The Morgan fingerprint density at radius 2 is 2.04 bits per heavy atom. The van der Waals surface area contributed by atoms with E-state index in [0.717, 1.165) is 4.81 Å². The molecule has 0 bridgehead atoms. The highest BCUT2D eigenvalue weighted by Gasteiger charge is 2.24. The maximum atomic E-state index is 12.5. The van der Waals surface area contributed by atoms with Crippen molar-refractivity contribution >= 4 is 29.8 Å². The highest BCUT2D eigenvalue weighted by atomic mass is 32.2. The first-order chi connectivity index (χ1) is 11.8. The number of carbonyl (C=O) groups excluding carboxylic acids is 2. The molecule has 0 aliphatic rings. The molecule has 1 N–H and O–H groups in total. The SMILES string of the molecule is [2H]CN(B)C(=O)OC(CCCC(=O)NC)CS(=O)(=O)c1ccccc1. The number of sulfone groups is 1. The molecule has 24 heavy (non-hydrogen) atoms. The van der Waals surface area contributed by atoms with Gasteiger partial charge in [0, 0.05) is 14.8 Å². The lowest BCUT2D eigenvalue weighted by atomic mass is 10.1. The van der Waals surface area contributed by atoms with E-state index in [1.807, 2.05) is 0 Å². The van der Waals surface area contributed by atoms with Crippen molar-refractivity contribution in [3.63, 3.8) is 0 Å². The number of nitrogens with one attached hydrogen (secondary N) is 1. The van der Waals surface area contributed by atoms with Crippen LogP contribution in [-0.2, 0) is 19.4 Å². The van der Waals surface area contributed by atoms with Crippen molar-refractivity contribution in [1.29, 1.82) is 0 Å². The van der Waals surface area contributed by atoms with Crippen LogP contribution in [0.1, 0.15) is 20.6 Å². The molecule has 7 nitrogen and oxygen atoms in total. The number of amides is 2. The lowest BCUT2D eigenvalue weighted by molar-refractivity contribution is -0.120. The van der Waals surface area contributed by atoms with E-state index in [-0.39, 0.29) is 36.4 Å². The van der Waals surface area contributed by atoms with Crippen LogP contribution in [-0.4, -0.2) is 59.1 Å². The van der Waals surface area contributed by atoms with E-state index in [2.05, 4.69) is 5.32 Å². The van der Waals surface area contributed by atoms with Crippen LogP contribution in [0.2, 0.25) is 0 Å². The molecule has 0 fully saturated rings. The Kier molecular flexibility index (Phi) is 7.11. The average Bonchev–Trinajstić information content (AvgIpc) is 2.61. The van der Waals surface area contributed by atoms with Gasteiger partial charge in [0.15, 0.2) is 9.84 Å². The van der Waals surface area contributed by atoms with Crippen LogP contribution in [0.3, 0.4) is 0 Å². The average molecular weight is 355 g/mol. The van der Waals surface area contributed by atoms with Crippen molar-refractivity contribution in [1.82, 2.24) is 10.1 Å². The summed E-state index contributed by atoms with van der Waals surface area (Å²) >= 11 is 0. The molecule has 1 atom stereocenters. The van der Waals surface area contributed by atoms with Gasteiger partial charge in [-0.15, -0.1) is 0 Å². The number of benzene rings is 1. The number of hydrogen-bond acceptors (Lipinski definition) is 5. The minimum atomic E-state index is -3.64. The van der Waals surface area contributed by atoms with Crippen LogP contribution >= 0.6 is 0 Å². The van der Waals surface area contributed by atoms with Gasteiger partial charge in [-0.2, -0.15) is 0 Å². The van der Waals surface area contributed by atoms with Crippen molar-refractivity contribution in [3.05, 3.63) is 30.3 Å². The summed E-state index contributed by atoms with van der Waals surface area (Å²) in [5, 5.41) is 2.48. The van der Waals surface area contributed by atoms with Gasteiger partial charge in [0.2, 0.25) is 13.9 Å². The summed E-state index contributed by atoms with van der Waals surface area (Å²) in [5.74, 6) is -0.540. The van der Waals surface area contributed by atoms with Crippen LogP contribution < -0.4 is 5.32 Å². The van der Waals surface area contributed by atoms with Gasteiger partial charge in [0.25, 0.3) is 0 Å². The third kappa shape index (κ3) is 6.61. The molecule has 0 heterocycles. The van der Waals surface area contributed by atoms with Crippen LogP contribution in [0.25, 0.3) is 0 Å². The largest absolute Gasteiger partial charge is 0.446 e. The number of hydrogen-bond donors (Lipinski definition) is 1. The fourth-order valence-corrected chi connectivity index (χ4v) is 3.48. The predicted octanol–water partition coefficient (Wildman–Crippen LogP) is 0.362. The molecule has 1 unspecified atom stereocenters. The predicted molar refractivity (Wildman–Crippen MR) is 93.0 cm³/mol. The van der Waals surface area contributed by atoms with Crippen LogP contribution in [0.5, 0.6) is 0 Å². The summed E-state index contributed by atoms with van der Waals surface area (Å²) in [6.07, 6.45) is -0.826. The normalized spacial score (nSPS) is 12.8. The molecular formula is C15H23BN2O5S. The van der Waals surface area contributed by atoms with Gasteiger partial charge in [-0.25, -0.2) is 13.2 Å². The lowest BCUT2D eigenvalue weighted by Crippen LogP contribution is -2.33. The molecule has 0 aromatic heterocycles. The van der Waals surface area contributed by atoms with Crippen molar-refractivity contribution in [2.45, 2.75) is 30.3 Å². The molecule has 0 spiro atoms. The number of rotatable bonds is 8. The highest BCUT2D eigenvalue weighted by Crippen LogP contribution is 2.16. The van der Waals surface area contributed by atoms with Gasteiger partial charge in [-0.1, -0.05) is 18.2 Å². The quantitative estimate of drug-likeness (QED) is 0.680. The van der Waals surface area contributed by atoms with Crippen molar-refractivity contribution in [2.24, 2.45) is 0 Å². The molecule has 132 valence electrons. The van der Waals surface area contributed by atoms with E-state index in [0.29, 0.717) is 6.42 Å². The van der Waals surface area contributed by atoms with Gasteiger partial charge in [0.05, 0.1) is 10.6 Å². The van der Waals surface area contributed by atoms with Crippen LogP contribution in [0.15, 0.2) is 35.2 Å². The van der Waals surface area contributed by atoms with Crippen LogP contribution in [0.4, 0.5) is 4.79 Å². The maximum absolute atomic E-state index is 12.5. The van der Waals surface area contributed by atoms with E-state index in [1.54, 1.807) is 18.2 Å². The summed E-state index contributed by atoms with van der Waals surface area (Å²) in [6.45, 7) is 0. The second-order valence-electron chi connectivity index (χ2n) is 5.36. The first-order valence-electron chi connectivity index (χ1n) is 8.20. The lowest BCUT2D eigenvalue weighted by Gasteiger charge is -2.20. The van der Waals surface area contributed by atoms with Crippen molar-refractivity contribution in [3.8, 4) is 0 Å². The molecule has 1 aromatic rings. The molecule has 0 aliphatic heterocycles. The third-order valence-electron chi connectivity index (χ3n) is 3.30. The van der Waals surface area contributed by atoms with Gasteiger partial charge in [-0.3, -0.25) is 4.79 Å². The maximum Gasteiger partial charge on any atom is 0.396 e. The minimum Gasteiger partial charge on any atom is -0.446 e. The molecular weight excluding hydrogens is 331 g/mol. The van der Waals surface area contributed by atoms with Crippen molar-refractivity contribution in [2.75, 3.05) is 19.8 Å². The number of ether oxygens (including phenoxy) is 1. The molecule has 1 rings (SSSR count). The Labute approximate surface area is 145 Å². The zero-order valence-electron chi connectivity index (χ0n) is 14.9. The van der Waals surface area contributed by atoms with E-state index in [9.17, 15) is 18.0 Å². The van der Waals surface area contributed by atoms with Crippen molar-refractivity contribution < 1.29 is 24.1 Å². The Morgan fingerprint density at radius 1 is 1.38 bits per heavy atom. The number of nitrogens with zero attached hydrogens (tertiary/aromatic N) is 1. The Bertz CT molecular complexity index is 672. The van der Waals surface area contributed by atoms with Gasteiger partial charge >= 0.3 is 6.09 Å². The molecule has 0 saturated carbocycles. The summed E-state index contributed by atoms with van der Waals surface area (Å²) in [5.41, 5.74) is 0. The summed E-state index contributed by atoms with van der Waals surface area (Å²) in [4.78, 5) is 24.4. The summed E-state index contributed by atoms with van der Waals surface area (Å²) in [7, 11) is -1.03. The van der Waals surface area contributed by atoms with Gasteiger partial charge in [-0.05, 0) is 32.0 Å². The van der Waals surface area contributed by atoms with E-state index in [1.165, 1.54) is 27.2 Å². The molecule has 0 radical (unpaired) electrons. The number of carbonyl (C=O) groups is 2. The molecule has 0 saturated heterocycles.